The molecule has 1 N–H and O–H groups in total. The molecule has 0 spiro atoms. The van der Waals surface area contributed by atoms with Gasteiger partial charge in [-0.3, -0.25) is 14.5 Å². The number of nitrogens with zero attached hydrogens (tertiary/aromatic N) is 3. The Morgan fingerprint density at radius 3 is 2.45 bits per heavy atom. The number of rotatable bonds is 9. The van der Waals surface area contributed by atoms with Gasteiger partial charge in [-0.25, -0.2) is 4.58 Å². The third kappa shape index (κ3) is 5.80. The molecule has 7 nitrogen and oxygen atoms in total. The Bertz CT molecular complexity index is 1690. The third-order valence-electron chi connectivity index (χ3n) is 7.85. The lowest BCUT2D eigenvalue weighted by atomic mass is 9.90. The van der Waals surface area contributed by atoms with Crippen molar-refractivity contribution in [3.63, 3.8) is 0 Å². The first-order valence-corrected chi connectivity index (χ1v) is 16.0. The minimum absolute atomic E-state index is 0.111. The van der Waals surface area contributed by atoms with Gasteiger partial charge < -0.3 is 14.6 Å². The molecular formula is C33H37N4O3S2+. The van der Waals surface area contributed by atoms with Gasteiger partial charge in [0, 0.05) is 65.3 Å². The molecule has 2 aliphatic heterocycles. The van der Waals surface area contributed by atoms with Gasteiger partial charge in [0.05, 0.1) is 12.6 Å². The van der Waals surface area contributed by atoms with E-state index in [9.17, 15) is 9.59 Å². The number of carbonyl (C=O) groups excluding carboxylic acids is 2. The highest BCUT2D eigenvalue weighted by atomic mass is 32.2. The molecule has 2 aromatic carbocycles. The molecule has 2 aromatic rings. The van der Waals surface area contributed by atoms with Crippen LogP contribution in [0.5, 0.6) is 0 Å². The number of thiocarbonyl (C=S) groups is 1. The van der Waals surface area contributed by atoms with Crippen molar-refractivity contribution in [2.75, 3.05) is 49.9 Å². The maximum atomic E-state index is 13.6. The molecule has 2 heterocycles. The highest BCUT2D eigenvalue weighted by molar-refractivity contribution is 8.23. The van der Waals surface area contributed by atoms with Crippen LogP contribution in [0.1, 0.15) is 38.1 Å². The van der Waals surface area contributed by atoms with E-state index in [1.165, 1.54) is 11.8 Å². The summed E-state index contributed by atoms with van der Waals surface area (Å²) in [6.07, 6.45) is 0. The number of nitrogens with one attached hydrogen (secondary N) is 1. The van der Waals surface area contributed by atoms with Gasteiger partial charge in [0.1, 0.15) is 28.8 Å². The summed E-state index contributed by atoms with van der Waals surface area (Å²) in [5.74, 6) is 1.03. The van der Waals surface area contributed by atoms with E-state index in [0.29, 0.717) is 16.4 Å². The topological polar surface area (TPSA) is 68.8 Å². The van der Waals surface area contributed by atoms with Crippen LogP contribution in [0.2, 0.25) is 0 Å². The first-order chi connectivity index (χ1) is 20.4. The van der Waals surface area contributed by atoms with Crippen LogP contribution in [0.3, 0.4) is 0 Å². The second-order valence-electron chi connectivity index (χ2n) is 10.1. The molecule has 2 amide bonds. The van der Waals surface area contributed by atoms with Crippen LogP contribution in [-0.4, -0.2) is 66.1 Å². The molecule has 0 unspecified atom stereocenters. The lowest BCUT2D eigenvalue weighted by Gasteiger charge is -2.23. The van der Waals surface area contributed by atoms with E-state index < -0.39 is 0 Å². The molecule has 5 rings (SSSR count). The predicted molar refractivity (Wildman–Crippen MR) is 177 cm³/mol. The number of hydrogen-bond acceptors (Lipinski definition) is 6. The van der Waals surface area contributed by atoms with E-state index in [0.717, 1.165) is 76.4 Å². The van der Waals surface area contributed by atoms with Crippen LogP contribution in [0.15, 0.2) is 65.1 Å². The lowest BCUT2D eigenvalue weighted by molar-refractivity contribution is -0.125. The minimum Gasteiger partial charge on any atom is -0.456 e. The van der Waals surface area contributed by atoms with Crippen molar-refractivity contribution in [2.24, 2.45) is 0 Å². The zero-order chi connectivity index (χ0) is 29.8. The average Bonchev–Trinajstić information content (AvgIpc) is 3.45. The summed E-state index contributed by atoms with van der Waals surface area (Å²) in [6, 6.07) is 20.1. The molecule has 42 heavy (non-hydrogen) atoms. The SMILES string of the molecule is CCN(CC)c1ccc2c(-c3ccccc3C(=O)NCC(=O)N3CCSC3=S)c3ccc(=[N+](CC)CC)cc-3oc2c1. The summed E-state index contributed by atoms with van der Waals surface area (Å²) in [5.41, 5.74) is 4.97. The largest absolute Gasteiger partial charge is 0.456 e. The molecule has 1 saturated heterocycles. The molecule has 9 heteroatoms. The van der Waals surface area contributed by atoms with Gasteiger partial charge in [-0.15, -0.1) is 0 Å². The standard InChI is InChI=1S/C33H36N4O3S2/c1-5-35(6-2)22-13-15-26-28(19-22)40-29-20-23(36(7-3)8-4)14-16-27(29)31(26)24-11-9-10-12-25(24)32(39)34-21-30(38)37-17-18-42-33(37)41/h9-16,19-20H,5-8,17-18,21H2,1-4H3/p+1. The number of hydrogen-bond donors (Lipinski definition) is 1. The molecule has 0 bridgehead atoms. The fraction of sp³-hybridized carbons (Fsp3) is 0.333. The van der Waals surface area contributed by atoms with Gasteiger partial charge in [-0.1, -0.05) is 42.2 Å². The van der Waals surface area contributed by atoms with Gasteiger partial charge in [0.25, 0.3) is 5.91 Å². The van der Waals surface area contributed by atoms with Crippen molar-refractivity contribution in [2.45, 2.75) is 27.7 Å². The zero-order valence-corrected chi connectivity index (χ0v) is 26.2. The summed E-state index contributed by atoms with van der Waals surface area (Å²) in [4.78, 5) is 30.2. The van der Waals surface area contributed by atoms with Crippen LogP contribution >= 0.6 is 24.0 Å². The van der Waals surface area contributed by atoms with E-state index in [-0.39, 0.29) is 18.4 Å². The Morgan fingerprint density at radius 1 is 1.00 bits per heavy atom. The zero-order valence-electron chi connectivity index (χ0n) is 24.6. The second kappa shape index (κ2) is 13.1. The Labute approximate surface area is 256 Å². The van der Waals surface area contributed by atoms with Crippen LogP contribution in [0, 0.1) is 0 Å². The molecule has 218 valence electrons. The average molecular weight is 602 g/mol. The highest BCUT2D eigenvalue weighted by Crippen LogP contribution is 2.42. The summed E-state index contributed by atoms with van der Waals surface area (Å²) < 4.78 is 9.45. The van der Waals surface area contributed by atoms with Crippen molar-refractivity contribution in [1.29, 1.82) is 0 Å². The van der Waals surface area contributed by atoms with Crippen LogP contribution in [-0.2, 0) is 4.79 Å². The van der Waals surface area contributed by atoms with E-state index >= 15 is 0 Å². The number of thioether (sulfide) groups is 1. The Morgan fingerprint density at radius 2 is 1.76 bits per heavy atom. The Hall–Kier alpha value is -3.69. The van der Waals surface area contributed by atoms with Gasteiger partial charge >= 0.3 is 0 Å². The summed E-state index contributed by atoms with van der Waals surface area (Å²) in [6.45, 7) is 12.6. The molecule has 1 fully saturated rings. The van der Waals surface area contributed by atoms with Crippen molar-refractivity contribution < 1.29 is 14.0 Å². The van der Waals surface area contributed by atoms with Crippen LogP contribution in [0.4, 0.5) is 5.69 Å². The number of fused-ring (bicyclic) bond motifs is 2. The normalized spacial score (nSPS) is 13.1. The summed E-state index contributed by atoms with van der Waals surface area (Å²) in [7, 11) is 0. The molecule has 0 radical (unpaired) electrons. The lowest BCUT2D eigenvalue weighted by Crippen LogP contribution is -2.40. The molecule has 0 saturated carbocycles. The third-order valence-corrected chi connectivity index (χ3v) is 9.28. The van der Waals surface area contributed by atoms with Crippen LogP contribution < -0.4 is 20.1 Å². The fourth-order valence-corrected chi connectivity index (χ4v) is 6.83. The quantitative estimate of drug-likeness (QED) is 0.156. The molecule has 1 aliphatic carbocycles. The van der Waals surface area contributed by atoms with E-state index in [1.807, 2.05) is 24.3 Å². The number of anilines is 1. The van der Waals surface area contributed by atoms with E-state index in [4.69, 9.17) is 16.6 Å². The number of carbonyl (C=O) groups is 2. The monoisotopic (exact) mass is 601 g/mol. The van der Waals surface area contributed by atoms with Gasteiger partial charge in [0.2, 0.25) is 11.3 Å². The van der Waals surface area contributed by atoms with Crippen molar-refractivity contribution in [1.82, 2.24) is 14.8 Å². The van der Waals surface area contributed by atoms with E-state index in [2.05, 4.69) is 78.9 Å². The second-order valence-corrected chi connectivity index (χ2v) is 11.8. The number of amides is 2. The highest BCUT2D eigenvalue weighted by Gasteiger charge is 2.26. The van der Waals surface area contributed by atoms with Crippen molar-refractivity contribution >= 4 is 56.8 Å². The fourth-order valence-electron chi connectivity index (χ4n) is 5.59. The first-order valence-electron chi connectivity index (χ1n) is 14.6. The molecule has 0 aromatic heterocycles. The van der Waals surface area contributed by atoms with Crippen molar-refractivity contribution in [3.05, 3.63) is 71.6 Å². The van der Waals surface area contributed by atoms with Gasteiger partial charge in [0.15, 0.2) is 0 Å². The first kappa shape index (κ1) is 29.8. The molecule has 0 atom stereocenters. The maximum Gasteiger partial charge on any atom is 0.252 e. The Balaban J connectivity index is 1.66. The summed E-state index contributed by atoms with van der Waals surface area (Å²) >= 11 is 6.77. The predicted octanol–water partition coefficient (Wildman–Crippen LogP) is 5.45. The Kier molecular flexibility index (Phi) is 9.28. The van der Waals surface area contributed by atoms with Crippen molar-refractivity contribution in [3.8, 4) is 22.5 Å². The molecular weight excluding hydrogens is 565 g/mol. The van der Waals surface area contributed by atoms with E-state index in [1.54, 1.807) is 4.90 Å². The van der Waals surface area contributed by atoms with Crippen LogP contribution in [0.25, 0.3) is 33.4 Å². The smallest absolute Gasteiger partial charge is 0.252 e. The van der Waals surface area contributed by atoms with Gasteiger partial charge in [-0.05, 0) is 57.5 Å². The minimum atomic E-state index is -0.307. The molecule has 3 aliphatic rings. The number of benzene rings is 3. The maximum absolute atomic E-state index is 13.6. The summed E-state index contributed by atoms with van der Waals surface area (Å²) in [5, 5.41) is 4.85. The van der Waals surface area contributed by atoms with Gasteiger partial charge in [-0.2, -0.15) is 0 Å².